The fraction of sp³-hybridized carbons (Fsp3) is 0.786. The zero-order valence-electron chi connectivity index (χ0n) is 12.1. The highest BCUT2D eigenvalue weighted by atomic mass is 16.4. The number of carbonyl (C=O) groups is 3. The molecule has 1 aliphatic heterocycles. The van der Waals surface area contributed by atoms with E-state index in [0.29, 0.717) is 44.8 Å². The average Bonchev–Trinajstić information content (AvgIpc) is 2.95. The van der Waals surface area contributed by atoms with Gasteiger partial charge in [0.15, 0.2) is 0 Å². The Bertz CT molecular complexity index is 418. The molecule has 118 valence electrons. The van der Waals surface area contributed by atoms with Crippen molar-refractivity contribution < 1.29 is 19.5 Å². The minimum Gasteiger partial charge on any atom is -0.481 e. The van der Waals surface area contributed by atoms with E-state index in [0.717, 1.165) is 12.8 Å². The van der Waals surface area contributed by atoms with Crippen LogP contribution in [0.15, 0.2) is 0 Å². The third-order valence-electron chi connectivity index (χ3n) is 4.62. The second kappa shape index (κ2) is 6.78. The second-order valence-electron chi connectivity index (χ2n) is 6.08. The van der Waals surface area contributed by atoms with E-state index in [-0.39, 0.29) is 23.8 Å². The van der Waals surface area contributed by atoms with Crippen LogP contribution in [0.3, 0.4) is 0 Å². The number of carboxylic acid groups (broad SMARTS) is 1. The lowest BCUT2D eigenvalue weighted by molar-refractivity contribution is -0.143. The van der Waals surface area contributed by atoms with Crippen LogP contribution in [0.4, 0.5) is 4.79 Å². The summed E-state index contributed by atoms with van der Waals surface area (Å²) >= 11 is 0. The summed E-state index contributed by atoms with van der Waals surface area (Å²) in [4.78, 5) is 35.6. The molecule has 0 spiro atoms. The lowest BCUT2D eigenvalue weighted by Crippen LogP contribution is -2.42. The number of aliphatic carboxylic acids is 1. The number of nitrogens with zero attached hydrogens (tertiary/aromatic N) is 1. The van der Waals surface area contributed by atoms with Gasteiger partial charge in [0.05, 0.1) is 11.8 Å². The van der Waals surface area contributed by atoms with Crippen molar-refractivity contribution in [2.75, 3.05) is 19.6 Å². The maximum absolute atomic E-state index is 12.0. The van der Waals surface area contributed by atoms with Crippen LogP contribution in [-0.2, 0) is 9.59 Å². The van der Waals surface area contributed by atoms with Gasteiger partial charge < -0.3 is 21.1 Å². The summed E-state index contributed by atoms with van der Waals surface area (Å²) in [7, 11) is 0. The van der Waals surface area contributed by atoms with Crippen molar-refractivity contribution in [3.63, 3.8) is 0 Å². The van der Waals surface area contributed by atoms with Crippen LogP contribution in [0.2, 0.25) is 0 Å². The maximum Gasteiger partial charge on any atom is 0.317 e. The van der Waals surface area contributed by atoms with Gasteiger partial charge in [-0.05, 0) is 38.0 Å². The smallest absolute Gasteiger partial charge is 0.317 e. The number of primary amides is 1. The molecule has 2 rings (SSSR count). The van der Waals surface area contributed by atoms with E-state index in [2.05, 4.69) is 5.32 Å². The van der Waals surface area contributed by atoms with E-state index in [1.807, 2.05) is 0 Å². The van der Waals surface area contributed by atoms with Crippen LogP contribution >= 0.6 is 0 Å². The Morgan fingerprint density at radius 3 is 2.29 bits per heavy atom. The maximum atomic E-state index is 12.0. The van der Waals surface area contributed by atoms with Crippen LogP contribution in [0, 0.1) is 17.8 Å². The number of nitrogens with two attached hydrogens (primary N) is 1. The Kier molecular flexibility index (Phi) is 5.03. The second-order valence-corrected chi connectivity index (χ2v) is 6.08. The molecule has 2 fully saturated rings. The summed E-state index contributed by atoms with van der Waals surface area (Å²) in [5.74, 6) is -1.18. The first-order chi connectivity index (χ1) is 9.97. The van der Waals surface area contributed by atoms with Gasteiger partial charge in [-0.15, -0.1) is 0 Å². The van der Waals surface area contributed by atoms with Crippen LogP contribution in [0.25, 0.3) is 0 Å². The summed E-state index contributed by atoms with van der Waals surface area (Å²) in [6, 6.07) is -0.154. The number of likely N-dealkylation sites (tertiary alicyclic amines) is 1. The van der Waals surface area contributed by atoms with Gasteiger partial charge in [0.25, 0.3) is 0 Å². The monoisotopic (exact) mass is 297 g/mol. The quantitative estimate of drug-likeness (QED) is 0.696. The number of rotatable bonds is 4. The molecule has 3 amide bonds. The molecule has 0 radical (unpaired) electrons. The minimum atomic E-state index is -0.716. The van der Waals surface area contributed by atoms with Crippen LogP contribution in [0.5, 0.6) is 0 Å². The van der Waals surface area contributed by atoms with Gasteiger partial charge in [-0.3, -0.25) is 9.59 Å². The number of urea groups is 1. The van der Waals surface area contributed by atoms with Crippen molar-refractivity contribution in [3.05, 3.63) is 0 Å². The van der Waals surface area contributed by atoms with Gasteiger partial charge in [0.1, 0.15) is 0 Å². The zero-order chi connectivity index (χ0) is 15.4. The molecule has 1 unspecified atom stereocenters. The SMILES string of the molecule is NC(=O)C1CCN(C(=O)NCC2CCC(C(=O)O)CC2)C1. The number of carboxylic acids is 1. The van der Waals surface area contributed by atoms with Crippen molar-refractivity contribution in [2.45, 2.75) is 32.1 Å². The van der Waals surface area contributed by atoms with E-state index in [4.69, 9.17) is 10.8 Å². The van der Waals surface area contributed by atoms with Crippen molar-refractivity contribution in [3.8, 4) is 0 Å². The highest BCUT2D eigenvalue weighted by Gasteiger charge is 2.30. The Balaban J connectivity index is 1.68. The molecule has 1 saturated heterocycles. The number of hydrogen-bond acceptors (Lipinski definition) is 3. The predicted molar refractivity (Wildman–Crippen MR) is 75.4 cm³/mol. The largest absolute Gasteiger partial charge is 0.481 e. The summed E-state index contributed by atoms with van der Waals surface area (Å²) in [5.41, 5.74) is 5.24. The topological polar surface area (TPSA) is 113 Å². The van der Waals surface area contributed by atoms with Gasteiger partial charge in [0, 0.05) is 19.6 Å². The third kappa shape index (κ3) is 4.09. The molecule has 7 heteroatoms. The van der Waals surface area contributed by atoms with Gasteiger partial charge in [-0.1, -0.05) is 0 Å². The van der Waals surface area contributed by atoms with Crippen molar-refractivity contribution in [2.24, 2.45) is 23.5 Å². The summed E-state index contributed by atoms with van der Waals surface area (Å²) < 4.78 is 0. The van der Waals surface area contributed by atoms with E-state index >= 15 is 0 Å². The molecule has 0 aromatic heterocycles. The summed E-state index contributed by atoms with van der Waals surface area (Å²) in [6.45, 7) is 1.53. The molecule has 4 N–H and O–H groups in total. The zero-order valence-corrected chi connectivity index (χ0v) is 12.1. The van der Waals surface area contributed by atoms with E-state index in [1.54, 1.807) is 4.90 Å². The fourth-order valence-electron chi connectivity index (χ4n) is 3.13. The molecule has 7 nitrogen and oxygen atoms in total. The Hall–Kier alpha value is -1.79. The van der Waals surface area contributed by atoms with Crippen molar-refractivity contribution in [1.29, 1.82) is 0 Å². The molecule has 0 bridgehead atoms. The van der Waals surface area contributed by atoms with E-state index in [9.17, 15) is 14.4 Å². The number of nitrogens with one attached hydrogen (secondary N) is 1. The van der Waals surface area contributed by atoms with Crippen LogP contribution < -0.4 is 11.1 Å². The molecule has 21 heavy (non-hydrogen) atoms. The summed E-state index contributed by atoms with van der Waals surface area (Å²) in [5, 5.41) is 11.8. The molecule has 1 saturated carbocycles. The van der Waals surface area contributed by atoms with E-state index in [1.165, 1.54) is 0 Å². The molecule has 1 heterocycles. The van der Waals surface area contributed by atoms with Gasteiger partial charge in [-0.2, -0.15) is 0 Å². The first-order valence-corrected chi connectivity index (χ1v) is 7.52. The molecular weight excluding hydrogens is 274 g/mol. The van der Waals surface area contributed by atoms with Crippen molar-refractivity contribution >= 4 is 17.9 Å². The van der Waals surface area contributed by atoms with E-state index < -0.39 is 5.97 Å². The van der Waals surface area contributed by atoms with Gasteiger partial charge in [0.2, 0.25) is 5.91 Å². The first-order valence-electron chi connectivity index (χ1n) is 7.52. The lowest BCUT2D eigenvalue weighted by Gasteiger charge is -2.27. The highest BCUT2D eigenvalue weighted by Crippen LogP contribution is 2.28. The summed E-state index contributed by atoms with van der Waals surface area (Å²) in [6.07, 6.45) is 3.67. The number of hydrogen-bond donors (Lipinski definition) is 3. The fourth-order valence-corrected chi connectivity index (χ4v) is 3.13. The van der Waals surface area contributed by atoms with Crippen LogP contribution in [-0.4, -0.2) is 47.5 Å². The molecule has 1 aliphatic carbocycles. The number of carbonyl (C=O) groups excluding carboxylic acids is 2. The molecule has 2 aliphatic rings. The predicted octanol–water partition coefficient (Wildman–Crippen LogP) is 0.394. The Morgan fingerprint density at radius 2 is 1.76 bits per heavy atom. The number of amides is 3. The molecule has 1 atom stereocenters. The van der Waals surface area contributed by atoms with Crippen molar-refractivity contribution in [1.82, 2.24) is 10.2 Å². The first kappa shape index (κ1) is 15.6. The van der Waals surface area contributed by atoms with Gasteiger partial charge in [-0.25, -0.2) is 4.79 Å². The standard InChI is InChI=1S/C14H23N3O4/c15-12(18)11-5-6-17(8-11)14(21)16-7-9-1-3-10(4-2-9)13(19)20/h9-11H,1-8H2,(H2,15,18)(H,16,21)(H,19,20). The third-order valence-corrected chi connectivity index (χ3v) is 4.62. The molecule has 0 aromatic carbocycles. The molecular formula is C14H23N3O4. The van der Waals surface area contributed by atoms with Gasteiger partial charge >= 0.3 is 12.0 Å². The minimum absolute atomic E-state index is 0.154. The lowest BCUT2D eigenvalue weighted by atomic mass is 9.82. The highest BCUT2D eigenvalue weighted by molar-refractivity contribution is 5.80. The Labute approximate surface area is 123 Å². The average molecular weight is 297 g/mol. The molecule has 0 aromatic rings. The normalized spacial score (nSPS) is 29.1. The Morgan fingerprint density at radius 1 is 1.10 bits per heavy atom. The van der Waals surface area contributed by atoms with Crippen LogP contribution in [0.1, 0.15) is 32.1 Å².